The summed E-state index contributed by atoms with van der Waals surface area (Å²) in [4.78, 5) is 71.6. The van der Waals surface area contributed by atoms with Crippen molar-refractivity contribution < 1.29 is 51.3 Å². The van der Waals surface area contributed by atoms with E-state index < -0.39 is 74.3 Å². The summed E-state index contributed by atoms with van der Waals surface area (Å²) in [5.41, 5.74) is -0.689. The van der Waals surface area contributed by atoms with E-state index in [1.807, 2.05) is 25.1 Å². The van der Waals surface area contributed by atoms with Crippen LogP contribution in [0.15, 0.2) is 24.3 Å². The molecular formula is C37H51N5O11S. The number of hydrogen-bond donors (Lipinski definition) is 3. The van der Waals surface area contributed by atoms with Crippen molar-refractivity contribution in [1.82, 2.24) is 25.2 Å². The average Bonchev–Trinajstić information content (AvgIpc) is 4.01. The van der Waals surface area contributed by atoms with Crippen LogP contribution in [-0.4, -0.2) is 104 Å². The second kappa shape index (κ2) is 15.3. The SMILES string of the molecule is CC[C@H]1C[C@@]1(NC(=O)[C@@H]1CC2CN1C(=O)[C@H](C(C)(C)C)NC(=O)OCCC/C=C/COc1c(OC)ccc3c1CN(C3)C(=O)O2)C(=O)NS(=O)(=O)C1CC1. The van der Waals surface area contributed by atoms with Crippen LogP contribution in [0.4, 0.5) is 9.59 Å². The van der Waals surface area contributed by atoms with Crippen LogP contribution in [0.1, 0.15) is 83.8 Å². The van der Waals surface area contributed by atoms with Crippen LogP contribution in [0.5, 0.6) is 11.5 Å². The van der Waals surface area contributed by atoms with Crippen molar-refractivity contribution in [2.24, 2.45) is 11.3 Å². The third-order valence-corrected chi connectivity index (χ3v) is 12.6. The van der Waals surface area contributed by atoms with E-state index in [-0.39, 0.29) is 51.6 Å². The molecule has 2 saturated carbocycles. The topological polar surface area (TPSA) is 199 Å². The average molecular weight is 774 g/mol. The Balaban J connectivity index is 1.27. The van der Waals surface area contributed by atoms with Crippen LogP contribution < -0.4 is 24.8 Å². The standard InChI is InChI=1S/C37H51N5O11S/c1-6-23-18-37(23,33(45)40-54(48,49)25-12-13-25)39-31(43)27-17-24-20-42(27)32(44)30(36(2,3)4)38-34(46)52-16-10-8-7-9-15-51-29-26-21-41(35(47)53-24)19-22(26)11-14-28(29)50-5/h7,9,11,14,23-25,27,30H,6,8,10,12-13,15-21H2,1-5H3,(H,38,46)(H,39,43)(H,40,45)/b9-7+/t23-,24?,27-,30+,37-/m0/s1. The van der Waals surface area contributed by atoms with Crippen molar-refractivity contribution >= 4 is 39.9 Å². The lowest BCUT2D eigenvalue weighted by Crippen LogP contribution is -2.60. The number of nitrogens with zero attached hydrogens (tertiary/aromatic N) is 2. The number of ether oxygens (including phenoxy) is 4. The number of amides is 5. The first-order valence-corrected chi connectivity index (χ1v) is 20.2. The molecule has 3 N–H and O–H groups in total. The highest BCUT2D eigenvalue weighted by Gasteiger charge is 2.62. The normalized spacial score (nSPS) is 28.4. The molecule has 1 unspecified atom stereocenters. The van der Waals surface area contributed by atoms with Crippen LogP contribution >= 0.6 is 0 Å². The fraction of sp³-hybridized carbons (Fsp3) is 0.649. The second-order valence-electron chi connectivity index (χ2n) is 15.8. The minimum Gasteiger partial charge on any atom is -0.493 e. The van der Waals surface area contributed by atoms with Gasteiger partial charge >= 0.3 is 12.2 Å². The number of cyclic esters (lactones) is 1. The number of benzene rings is 1. The van der Waals surface area contributed by atoms with Crippen LogP contribution in [0.3, 0.4) is 0 Å². The van der Waals surface area contributed by atoms with Gasteiger partial charge in [0.25, 0.3) is 5.91 Å². The molecule has 296 valence electrons. The number of allylic oxidation sites excluding steroid dienone is 1. The molecule has 3 fully saturated rings. The maximum atomic E-state index is 14.4. The highest BCUT2D eigenvalue weighted by molar-refractivity contribution is 7.91. The predicted molar refractivity (Wildman–Crippen MR) is 194 cm³/mol. The van der Waals surface area contributed by atoms with Gasteiger partial charge in [-0.15, -0.1) is 0 Å². The lowest BCUT2D eigenvalue weighted by atomic mass is 9.85. The van der Waals surface area contributed by atoms with E-state index in [1.54, 1.807) is 26.8 Å². The lowest BCUT2D eigenvalue weighted by molar-refractivity contribution is -0.143. The first-order valence-electron chi connectivity index (χ1n) is 18.6. The summed E-state index contributed by atoms with van der Waals surface area (Å²) in [6.45, 7) is 7.70. The summed E-state index contributed by atoms with van der Waals surface area (Å²) in [6.07, 6.45) is 4.00. The Morgan fingerprint density at radius 1 is 1.09 bits per heavy atom. The Kier molecular flexibility index (Phi) is 11.1. The van der Waals surface area contributed by atoms with Gasteiger partial charge in [0.05, 0.1) is 32.1 Å². The van der Waals surface area contributed by atoms with Gasteiger partial charge in [0, 0.05) is 18.5 Å². The predicted octanol–water partition coefficient (Wildman–Crippen LogP) is 2.88. The zero-order valence-electron chi connectivity index (χ0n) is 31.5. The lowest BCUT2D eigenvalue weighted by Gasteiger charge is -2.35. The van der Waals surface area contributed by atoms with E-state index in [2.05, 4.69) is 15.4 Å². The first kappa shape index (κ1) is 39.2. The third kappa shape index (κ3) is 8.25. The summed E-state index contributed by atoms with van der Waals surface area (Å²) in [6, 6.07) is 1.28. The molecule has 0 radical (unpaired) electrons. The molecule has 17 heteroatoms. The molecule has 54 heavy (non-hydrogen) atoms. The smallest absolute Gasteiger partial charge is 0.410 e. The van der Waals surface area contributed by atoms with Crippen molar-refractivity contribution in [2.45, 2.75) is 115 Å². The number of hydrogen-bond acceptors (Lipinski definition) is 11. The number of methoxy groups -OCH3 is 1. The van der Waals surface area contributed by atoms with Crippen LogP contribution in [0, 0.1) is 11.3 Å². The quantitative estimate of drug-likeness (QED) is 0.345. The monoisotopic (exact) mass is 773 g/mol. The number of carbonyl (C=O) groups is 5. The van der Waals surface area contributed by atoms with Gasteiger partial charge in [-0.3, -0.25) is 24.0 Å². The van der Waals surface area contributed by atoms with Crippen LogP contribution in [-0.2, 0) is 47.0 Å². The molecule has 5 atom stereocenters. The summed E-state index contributed by atoms with van der Waals surface area (Å²) in [7, 11) is -2.36. The Morgan fingerprint density at radius 3 is 2.52 bits per heavy atom. The minimum atomic E-state index is -3.89. The molecule has 1 saturated heterocycles. The van der Waals surface area contributed by atoms with Gasteiger partial charge in [0.15, 0.2) is 11.5 Å². The third-order valence-electron chi connectivity index (χ3n) is 10.8. The van der Waals surface area contributed by atoms with Crippen molar-refractivity contribution in [3.8, 4) is 11.5 Å². The van der Waals surface area contributed by atoms with Crippen molar-refractivity contribution in [3.63, 3.8) is 0 Å². The van der Waals surface area contributed by atoms with Gasteiger partial charge in [-0.2, -0.15) is 0 Å². The maximum Gasteiger partial charge on any atom is 0.410 e. The molecular weight excluding hydrogens is 722 g/mol. The van der Waals surface area contributed by atoms with Gasteiger partial charge < -0.3 is 34.5 Å². The maximum absolute atomic E-state index is 14.4. The van der Waals surface area contributed by atoms with Gasteiger partial charge in [-0.1, -0.05) is 52.3 Å². The van der Waals surface area contributed by atoms with Gasteiger partial charge in [-0.25, -0.2) is 18.0 Å². The van der Waals surface area contributed by atoms with Gasteiger partial charge in [0.1, 0.15) is 30.3 Å². The molecule has 1 aromatic carbocycles. The van der Waals surface area contributed by atoms with E-state index in [1.165, 1.54) is 16.9 Å². The summed E-state index contributed by atoms with van der Waals surface area (Å²) in [5.74, 6) is -1.41. The van der Waals surface area contributed by atoms with Crippen LogP contribution in [0.2, 0.25) is 0 Å². The van der Waals surface area contributed by atoms with E-state index >= 15 is 0 Å². The summed E-state index contributed by atoms with van der Waals surface area (Å²) in [5, 5.41) is 4.84. The van der Waals surface area contributed by atoms with Gasteiger partial charge in [-0.05, 0) is 55.1 Å². The summed E-state index contributed by atoms with van der Waals surface area (Å²) < 4.78 is 50.6. The molecule has 5 aliphatic rings. The van der Waals surface area contributed by atoms with Crippen molar-refractivity contribution in [1.29, 1.82) is 0 Å². The number of rotatable bonds is 7. The van der Waals surface area contributed by atoms with E-state index in [0.717, 1.165) is 11.1 Å². The molecule has 16 nitrogen and oxygen atoms in total. The molecule has 6 rings (SSSR count). The zero-order chi connectivity index (χ0) is 39.0. The van der Waals surface area contributed by atoms with Crippen molar-refractivity contribution in [3.05, 3.63) is 35.4 Å². The molecule has 2 aliphatic carbocycles. The highest BCUT2D eigenvalue weighted by atomic mass is 32.2. The Labute approximate surface area is 315 Å². The first-order chi connectivity index (χ1) is 25.6. The second-order valence-corrected chi connectivity index (χ2v) is 17.7. The molecule has 0 aromatic heterocycles. The fourth-order valence-electron chi connectivity index (χ4n) is 7.41. The summed E-state index contributed by atoms with van der Waals surface area (Å²) >= 11 is 0. The molecule has 0 spiro atoms. The number of nitrogens with one attached hydrogen (secondary N) is 3. The fourth-order valence-corrected chi connectivity index (χ4v) is 8.78. The Morgan fingerprint density at radius 2 is 1.85 bits per heavy atom. The molecule has 1 aromatic rings. The zero-order valence-corrected chi connectivity index (χ0v) is 32.3. The van der Waals surface area contributed by atoms with E-state index in [9.17, 15) is 32.4 Å². The van der Waals surface area contributed by atoms with E-state index in [4.69, 9.17) is 18.9 Å². The largest absolute Gasteiger partial charge is 0.493 e. The minimum absolute atomic E-state index is 0.0872. The Hall–Kier alpha value is -4.54. The number of alkyl carbamates (subject to hydrolysis) is 1. The van der Waals surface area contributed by atoms with Gasteiger partial charge in [0.2, 0.25) is 21.8 Å². The van der Waals surface area contributed by atoms with E-state index in [0.29, 0.717) is 43.6 Å². The Bertz CT molecular complexity index is 1810. The number of carbonyl (C=O) groups excluding carboxylic acids is 5. The van der Waals surface area contributed by atoms with Crippen LogP contribution in [0.25, 0.3) is 0 Å². The molecule has 3 aliphatic heterocycles. The number of sulfonamides is 1. The van der Waals surface area contributed by atoms with Crippen molar-refractivity contribution in [2.75, 3.05) is 26.9 Å². The molecule has 3 heterocycles. The highest BCUT2D eigenvalue weighted by Crippen LogP contribution is 2.47. The molecule has 5 amide bonds. The number of fused-ring (bicyclic) bond motifs is 3. The molecule has 4 bridgehead atoms.